The molecule has 0 radical (unpaired) electrons. The van der Waals surface area contributed by atoms with Crippen LogP contribution in [0.25, 0.3) is 0 Å². The molecule has 0 fully saturated rings. The highest BCUT2D eigenvalue weighted by Gasteiger charge is 2.34. The Morgan fingerprint density at radius 2 is 2.04 bits per heavy atom. The first-order chi connectivity index (χ1) is 11.2. The molecule has 0 aliphatic heterocycles. The van der Waals surface area contributed by atoms with Crippen molar-refractivity contribution in [2.45, 2.75) is 32.4 Å². The van der Waals surface area contributed by atoms with E-state index in [1.807, 2.05) is 13.8 Å². The summed E-state index contributed by atoms with van der Waals surface area (Å²) in [5, 5.41) is 9.20. The average molecular weight is 344 g/mol. The van der Waals surface area contributed by atoms with Gasteiger partial charge in [0.1, 0.15) is 11.6 Å². The molecule has 5 nitrogen and oxygen atoms in total. The van der Waals surface area contributed by atoms with Crippen molar-refractivity contribution in [1.82, 2.24) is 20.5 Å². The summed E-state index contributed by atoms with van der Waals surface area (Å²) in [7, 11) is 0. The quantitative estimate of drug-likeness (QED) is 0.819. The molecule has 0 aliphatic carbocycles. The van der Waals surface area contributed by atoms with Crippen molar-refractivity contribution in [3.63, 3.8) is 0 Å². The molecular weight excluding hydrogens is 328 g/mol. The Labute approximate surface area is 135 Å². The Hall–Kier alpha value is -2.45. The fourth-order valence-corrected chi connectivity index (χ4v) is 1.96. The Balaban J connectivity index is 1.97. The van der Waals surface area contributed by atoms with Gasteiger partial charge < -0.3 is 5.32 Å². The van der Waals surface area contributed by atoms with Gasteiger partial charge in [-0.05, 0) is 18.2 Å². The Kier molecular flexibility index (Phi) is 5.20. The maximum absolute atomic E-state index is 13.2. The van der Waals surface area contributed by atoms with Gasteiger partial charge in [0, 0.05) is 24.4 Å². The first-order valence-electron chi connectivity index (χ1n) is 7.24. The predicted octanol–water partition coefficient (Wildman–Crippen LogP) is 3.06. The van der Waals surface area contributed by atoms with E-state index in [-0.39, 0.29) is 18.0 Å². The topological polar surface area (TPSA) is 70.7 Å². The number of nitrogens with zero attached hydrogens (tertiary/aromatic N) is 2. The lowest BCUT2D eigenvalue weighted by Crippen LogP contribution is -2.26. The predicted molar refractivity (Wildman–Crippen MR) is 77.9 cm³/mol. The fraction of sp³-hybridized carbons (Fsp3) is 0.400. The number of hydrogen-bond acceptors (Lipinski definition) is 3. The van der Waals surface area contributed by atoms with Gasteiger partial charge in [0.2, 0.25) is 0 Å². The molecular formula is C15H16F4N4O. The van der Waals surface area contributed by atoms with E-state index in [9.17, 15) is 22.4 Å². The molecule has 0 bridgehead atoms. The molecule has 2 aromatic rings. The lowest BCUT2D eigenvalue weighted by atomic mass is 10.1. The summed E-state index contributed by atoms with van der Waals surface area (Å²) in [6.07, 6.45) is -4.51. The second-order valence-corrected chi connectivity index (χ2v) is 5.49. The standard InChI is InChI=1S/C15H16F4N4O/c1-8(2)13-21-12(22-23-13)5-6-20-14(24)9-3-4-11(16)10(7-9)15(17,18)19/h3-4,7-8H,5-6H2,1-2H3,(H,20,24)(H,21,22,23). The van der Waals surface area contributed by atoms with Crippen molar-refractivity contribution in [3.8, 4) is 0 Å². The zero-order chi connectivity index (χ0) is 17.9. The van der Waals surface area contributed by atoms with E-state index in [4.69, 9.17) is 0 Å². The van der Waals surface area contributed by atoms with Crippen molar-refractivity contribution in [2.75, 3.05) is 6.54 Å². The van der Waals surface area contributed by atoms with Crippen molar-refractivity contribution >= 4 is 5.91 Å². The van der Waals surface area contributed by atoms with Crippen molar-refractivity contribution in [2.24, 2.45) is 0 Å². The van der Waals surface area contributed by atoms with Crippen LogP contribution < -0.4 is 5.32 Å². The number of carbonyl (C=O) groups excluding carboxylic acids is 1. The summed E-state index contributed by atoms with van der Waals surface area (Å²) in [5.41, 5.74) is -1.73. The number of nitrogens with one attached hydrogen (secondary N) is 2. The summed E-state index contributed by atoms with van der Waals surface area (Å²) < 4.78 is 51.1. The van der Waals surface area contributed by atoms with Gasteiger partial charge >= 0.3 is 6.18 Å². The average Bonchev–Trinajstić information content (AvgIpc) is 2.95. The van der Waals surface area contributed by atoms with Crippen LogP contribution in [0.15, 0.2) is 18.2 Å². The highest BCUT2D eigenvalue weighted by molar-refractivity contribution is 5.94. The molecule has 1 heterocycles. The van der Waals surface area contributed by atoms with Gasteiger partial charge in [0.05, 0.1) is 5.56 Å². The van der Waals surface area contributed by atoms with Crippen LogP contribution in [-0.4, -0.2) is 27.6 Å². The second-order valence-electron chi connectivity index (χ2n) is 5.49. The van der Waals surface area contributed by atoms with E-state index in [0.29, 0.717) is 30.2 Å². The zero-order valence-electron chi connectivity index (χ0n) is 13.0. The molecule has 2 N–H and O–H groups in total. The number of H-pyrrole nitrogens is 1. The third-order valence-electron chi connectivity index (χ3n) is 3.25. The molecule has 1 aromatic heterocycles. The van der Waals surface area contributed by atoms with Crippen LogP contribution in [-0.2, 0) is 12.6 Å². The summed E-state index contributed by atoms with van der Waals surface area (Å²) in [4.78, 5) is 16.1. The summed E-state index contributed by atoms with van der Waals surface area (Å²) in [5.74, 6) is -0.769. The van der Waals surface area contributed by atoms with Crippen molar-refractivity contribution < 1.29 is 22.4 Å². The molecule has 0 spiro atoms. The van der Waals surface area contributed by atoms with Gasteiger partial charge in [-0.25, -0.2) is 9.37 Å². The number of hydrogen-bond donors (Lipinski definition) is 2. The highest BCUT2D eigenvalue weighted by Crippen LogP contribution is 2.31. The third kappa shape index (κ3) is 4.30. The maximum Gasteiger partial charge on any atom is 0.419 e. The van der Waals surface area contributed by atoms with E-state index in [0.717, 1.165) is 6.07 Å². The SMILES string of the molecule is CC(C)c1n[nH]c(CCNC(=O)c2ccc(F)c(C(F)(F)F)c2)n1. The number of halogens is 4. The minimum Gasteiger partial charge on any atom is -0.352 e. The monoisotopic (exact) mass is 344 g/mol. The van der Waals surface area contributed by atoms with Gasteiger partial charge in [-0.15, -0.1) is 0 Å². The lowest BCUT2D eigenvalue weighted by molar-refractivity contribution is -0.140. The molecule has 1 aromatic carbocycles. The minimum atomic E-state index is -4.85. The van der Waals surface area contributed by atoms with Gasteiger partial charge in [-0.3, -0.25) is 9.89 Å². The zero-order valence-corrected chi connectivity index (χ0v) is 13.0. The van der Waals surface area contributed by atoms with Crippen LogP contribution in [0.3, 0.4) is 0 Å². The Morgan fingerprint density at radius 3 is 2.62 bits per heavy atom. The van der Waals surface area contributed by atoms with E-state index < -0.39 is 23.5 Å². The molecule has 1 amide bonds. The van der Waals surface area contributed by atoms with Gasteiger partial charge in [-0.1, -0.05) is 13.8 Å². The molecule has 130 valence electrons. The summed E-state index contributed by atoms with van der Waals surface area (Å²) in [6, 6.07) is 2.13. The molecule has 0 atom stereocenters. The minimum absolute atomic E-state index is 0.157. The van der Waals surface area contributed by atoms with Gasteiger partial charge in [0.25, 0.3) is 5.91 Å². The molecule has 2 rings (SSSR count). The Bertz CT molecular complexity index is 725. The number of aromatic amines is 1. The van der Waals surface area contributed by atoms with Gasteiger partial charge in [-0.2, -0.15) is 18.3 Å². The van der Waals surface area contributed by atoms with Crippen LogP contribution in [0.1, 0.15) is 47.3 Å². The van der Waals surface area contributed by atoms with Crippen molar-refractivity contribution in [1.29, 1.82) is 0 Å². The molecule has 0 aliphatic rings. The van der Waals surface area contributed by atoms with Crippen LogP contribution in [0.2, 0.25) is 0 Å². The first kappa shape index (κ1) is 17.9. The van der Waals surface area contributed by atoms with E-state index in [2.05, 4.69) is 20.5 Å². The highest BCUT2D eigenvalue weighted by atomic mass is 19.4. The third-order valence-corrected chi connectivity index (χ3v) is 3.25. The maximum atomic E-state index is 13.2. The molecule has 9 heteroatoms. The largest absolute Gasteiger partial charge is 0.419 e. The number of amides is 1. The van der Waals surface area contributed by atoms with Crippen LogP contribution in [0.5, 0.6) is 0 Å². The normalized spacial score (nSPS) is 11.8. The van der Waals surface area contributed by atoms with Crippen LogP contribution >= 0.6 is 0 Å². The molecule has 0 saturated heterocycles. The van der Waals surface area contributed by atoms with Gasteiger partial charge in [0.15, 0.2) is 5.82 Å². The molecule has 0 saturated carbocycles. The second kappa shape index (κ2) is 6.98. The number of alkyl halides is 3. The summed E-state index contributed by atoms with van der Waals surface area (Å²) >= 11 is 0. The molecule has 24 heavy (non-hydrogen) atoms. The lowest BCUT2D eigenvalue weighted by Gasteiger charge is -2.10. The smallest absolute Gasteiger partial charge is 0.352 e. The van der Waals surface area contributed by atoms with Crippen LogP contribution in [0.4, 0.5) is 17.6 Å². The number of benzene rings is 1. The van der Waals surface area contributed by atoms with E-state index in [1.165, 1.54) is 0 Å². The molecule has 0 unspecified atom stereocenters. The Morgan fingerprint density at radius 1 is 1.33 bits per heavy atom. The summed E-state index contributed by atoms with van der Waals surface area (Å²) in [6.45, 7) is 4.02. The van der Waals surface area contributed by atoms with E-state index >= 15 is 0 Å². The van der Waals surface area contributed by atoms with Crippen LogP contribution in [0, 0.1) is 5.82 Å². The number of rotatable bonds is 5. The number of carbonyl (C=O) groups is 1. The first-order valence-corrected chi connectivity index (χ1v) is 7.24. The van der Waals surface area contributed by atoms with Crippen molar-refractivity contribution in [3.05, 3.63) is 46.8 Å². The fourth-order valence-electron chi connectivity index (χ4n) is 1.96. The number of aromatic nitrogens is 3. The van der Waals surface area contributed by atoms with E-state index in [1.54, 1.807) is 0 Å².